The Morgan fingerprint density at radius 1 is 1.28 bits per heavy atom. The van der Waals surface area contributed by atoms with Gasteiger partial charge < -0.3 is 14.4 Å². The summed E-state index contributed by atoms with van der Waals surface area (Å²) >= 11 is 6.06. The van der Waals surface area contributed by atoms with E-state index < -0.39 is 12.0 Å². The highest BCUT2D eigenvalue weighted by Gasteiger charge is 2.49. The number of fused-ring (bicyclic) bond motifs is 3. The van der Waals surface area contributed by atoms with E-state index >= 15 is 4.39 Å². The van der Waals surface area contributed by atoms with Crippen LogP contribution in [0.3, 0.4) is 0 Å². The molecule has 4 aliphatic rings. The van der Waals surface area contributed by atoms with Gasteiger partial charge in [-0.15, -0.1) is 0 Å². The maximum absolute atomic E-state index is 15.1. The average Bonchev–Trinajstić information content (AvgIpc) is 3.12. The van der Waals surface area contributed by atoms with Crippen LogP contribution in [0.25, 0.3) is 10.9 Å². The zero-order valence-corrected chi connectivity index (χ0v) is 18.3. The van der Waals surface area contributed by atoms with Gasteiger partial charge in [-0.2, -0.15) is 15.0 Å². The minimum atomic E-state index is -0.854. The SMILES string of the molecule is Fc1c(Cl)nc2c3c(nc(OCC45CCCN4C[C@H](F)C5)nc13)N1CC=CCC[C@H]1CO2. The smallest absolute Gasteiger partial charge is 0.319 e. The number of allylic oxidation sites excluding steroid dienone is 1. The number of hydrogen-bond donors (Lipinski definition) is 0. The van der Waals surface area contributed by atoms with Crippen LogP contribution < -0.4 is 14.4 Å². The molecule has 2 aromatic heterocycles. The molecule has 6 heterocycles. The third kappa shape index (κ3) is 3.20. The Labute approximate surface area is 189 Å². The van der Waals surface area contributed by atoms with Crippen molar-refractivity contribution in [2.45, 2.75) is 49.9 Å². The molecule has 170 valence electrons. The monoisotopic (exact) mass is 463 g/mol. The van der Waals surface area contributed by atoms with Crippen molar-refractivity contribution in [1.29, 1.82) is 0 Å². The van der Waals surface area contributed by atoms with Crippen LogP contribution >= 0.6 is 11.6 Å². The lowest BCUT2D eigenvalue weighted by atomic mass is 9.95. The third-order valence-corrected chi connectivity index (χ3v) is 7.41. The minimum absolute atomic E-state index is 0.0319. The fourth-order valence-corrected chi connectivity index (χ4v) is 5.77. The summed E-state index contributed by atoms with van der Waals surface area (Å²) in [6, 6.07) is 0.120. The number of rotatable bonds is 3. The van der Waals surface area contributed by atoms with Gasteiger partial charge in [0.1, 0.15) is 36.1 Å². The topological polar surface area (TPSA) is 63.6 Å². The van der Waals surface area contributed by atoms with E-state index in [-0.39, 0.29) is 40.7 Å². The van der Waals surface area contributed by atoms with E-state index in [0.717, 1.165) is 32.2 Å². The Morgan fingerprint density at radius 3 is 3.09 bits per heavy atom. The lowest BCUT2D eigenvalue weighted by Gasteiger charge is -2.31. The Bertz CT molecular complexity index is 1100. The first-order valence-corrected chi connectivity index (χ1v) is 11.5. The minimum Gasteiger partial charge on any atom is -0.475 e. The molecule has 10 heteroatoms. The standard InChI is InChI=1S/C22H24ClF2N5O2/c23-18-16(25)17-15-19(30-8-3-1-2-5-14(30)11-31-20(15)27-18)28-21(26-17)32-12-22-6-4-7-29(22)10-13(24)9-22/h1,3,13-14H,2,4-12H2/t13-,14+,22?/m1/s1. The zero-order chi connectivity index (χ0) is 21.9. The molecule has 1 unspecified atom stereocenters. The second kappa shape index (κ2) is 7.66. The first-order valence-electron chi connectivity index (χ1n) is 11.2. The summed E-state index contributed by atoms with van der Waals surface area (Å²) in [6.45, 7) is 2.59. The van der Waals surface area contributed by atoms with Crippen LogP contribution in [0.4, 0.5) is 14.6 Å². The van der Waals surface area contributed by atoms with Crippen molar-refractivity contribution < 1.29 is 18.3 Å². The van der Waals surface area contributed by atoms with Gasteiger partial charge in [0, 0.05) is 19.5 Å². The number of pyridine rings is 1. The van der Waals surface area contributed by atoms with E-state index in [1.54, 1.807) is 0 Å². The van der Waals surface area contributed by atoms with E-state index in [1.165, 1.54) is 0 Å². The van der Waals surface area contributed by atoms with Gasteiger partial charge >= 0.3 is 6.01 Å². The van der Waals surface area contributed by atoms with Crippen molar-refractivity contribution in [3.05, 3.63) is 23.1 Å². The first kappa shape index (κ1) is 20.4. The van der Waals surface area contributed by atoms with Gasteiger partial charge in [-0.05, 0) is 32.2 Å². The van der Waals surface area contributed by atoms with E-state index in [4.69, 9.17) is 26.1 Å². The summed E-state index contributed by atoms with van der Waals surface area (Å²) in [5.74, 6) is 0.0472. The van der Waals surface area contributed by atoms with Crippen LogP contribution in [-0.4, -0.2) is 70.5 Å². The summed E-state index contributed by atoms with van der Waals surface area (Å²) in [4.78, 5) is 17.4. The van der Waals surface area contributed by atoms with Crippen LogP contribution in [0, 0.1) is 5.82 Å². The van der Waals surface area contributed by atoms with Crippen molar-refractivity contribution in [2.75, 3.05) is 37.7 Å². The molecule has 0 aliphatic carbocycles. The largest absolute Gasteiger partial charge is 0.475 e. The molecule has 0 spiro atoms. The van der Waals surface area contributed by atoms with Crippen LogP contribution in [-0.2, 0) is 0 Å². The van der Waals surface area contributed by atoms with Crippen molar-refractivity contribution in [2.24, 2.45) is 0 Å². The van der Waals surface area contributed by atoms with Gasteiger partial charge in [0.2, 0.25) is 5.88 Å². The molecule has 3 atom stereocenters. The molecule has 2 fully saturated rings. The molecule has 4 aliphatic heterocycles. The Balaban J connectivity index is 1.42. The number of hydrogen-bond acceptors (Lipinski definition) is 7. The van der Waals surface area contributed by atoms with E-state index in [9.17, 15) is 4.39 Å². The summed E-state index contributed by atoms with van der Waals surface area (Å²) in [6.07, 6.45) is 7.47. The Morgan fingerprint density at radius 2 is 2.19 bits per heavy atom. The second-order valence-corrected chi connectivity index (χ2v) is 9.46. The van der Waals surface area contributed by atoms with Gasteiger partial charge in [0.05, 0.1) is 11.6 Å². The molecule has 0 amide bonds. The van der Waals surface area contributed by atoms with Crippen LogP contribution in [0.15, 0.2) is 12.2 Å². The van der Waals surface area contributed by atoms with E-state index in [0.29, 0.717) is 37.3 Å². The Hall–Kier alpha value is -2.26. The fraction of sp³-hybridized carbons (Fsp3) is 0.591. The van der Waals surface area contributed by atoms with E-state index in [2.05, 4.69) is 31.9 Å². The molecule has 32 heavy (non-hydrogen) atoms. The first-order chi connectivity index (χ1) is 15.5. The van der Waals surface area contributed by atoms with E-state index in [1.807, 2.05) is 0 Å². The van der Waals surface area contributed by atoms with Gasteiger partial charge in [-0.1, -0.05) is 23.8 Å². The highest BCUT2D eigenvalue weighted by molar-refractivity contribution is 6.30. The normalized spacial score (nSPS) is 29.4. The number of alkyl halides is 1. The molecule has 6 rings (SSSR count). The van der Waals surface area contributed by atoms with Crippen molar-refractivity contribution >= 4 is 28.3 Å². The second-order valence-electron chi connectivity index (χ2n) is 9.11. The van der Waals surface area contributed by atoms with Gasteiger partial charge in [0.15, 0.2) is 11.0 Å². The van der Waals surface area contributed by atoms with Gasteiger partial charge in [-0.3, -0.25) is 4.90 Å². The van der Waals surface area contributed by atoms with Crippen LogP contribution in [0.5, 0.6) is 11.9 Å². The highest BCUT2D eigenvalue weighted by Crippen LogP contribution is 2.42. The fourth-order valence-electron chi connectivity index (χ4n) is 5.61. The summed E-state index contributed by atoms with van der Waals surface area (Å²) in [5.41, 5.74) is -0.313. The maximum Gasteiger partial charge on any atom is 0.319 e. The summed E-state index contributed by atoms with van der Waals surface area (Å²) < 4.78 is 41.2. The predicted octanol–water partition coefficient (Wildman–Crippen LogP) is 3.69. The van der Waals surface area contributed by atoms with Gasteiger partial charge in [-0.25, -0.2) is 8.78 Å². The summed E-state index contributed by atoms with van der Waals surface area (Å²) in [7, 11) is 0. The van der Waals surface area contributed by atoms with Gasteiger partial charge in [0.25, 0.3) is 0 Å². The van der Waals surface area contributed by atoms with Crippen LogP contribution in [0.2, 0.25) is 5.15 Å². The predicted molar refractivity (Wildman–Crippen MR) is 116 cm³/mol. The number of nitrogens with zero attached hydrogens (tertiary/aromatic N) is 5. The van der Waals surface area contributed by atoms with Crippen molar-refractivity contribution in [1.82, 2.24) is 19.9 Å². The van der Waals surface area contributed by atoms with Crippen LogP contribution in [0.1, 0.15) is 32.1 Å². The number of halogens is 3. The molecule has 0 radical (unpaired) electrons. The lowest BCUT2D eigenvalue weighted by Crippen LogP contribution is -2.43. The molecular weight excluding hydrogens is 440 g/mol. The molecule has 0 N–H and O–H groups in total. The van der Waals surface area contributed by atoms with Crippen molar-refractivity contribution in [3.63, 3.8) is 0 Å². The molecule has 2 saturated heterocycles. The zero-order valence-electron chi connectivity index (χ0n) is 17.6. The number of aromatic nitrogens is 3. The number of anilines is 1. The third-order valence-electron chi connectivity index (χ3n) is 7.16. The summed E-state index contributed by atoms with van der Waals surface area (Å²) in [5, 5.41) is 0.110. The molecule has 0 bridgehead atoms. The average molecular weight is 464 g/mol. The van der Waals surface area contributed by atoms with Crippen molar-refractivity contribution in [3.8, 4) is 11.9 Å². The molecule has 2 aromatic rings. The molecular formula is C22H24ClF2N5O2. The lowest BCUT2D eigenvalue weighted by molar-refractivity contribution is 0.107. The highest BCUT2D eigenvalue weighted by atomic mass is 35.5. The quantitative estimate of drug-likeness (QED) is 0.508. The molecule has 7 nitrogen and oxygen atoms in total. The molecule has 0 saturated carbocycles. The Kier molecular flexibility index (Phi) is 4.87. The maximum atomic E-state index is 15.1. The molecule has 0 aromatic carbocycles. The number of ether oxygens (including phenoxy) is 2.